The van der Waals surface area contributed by atoms with Gasteiger partial charge >= 0.3 is 30.3 Å². The summed E-state index contributed by atoms with van der Waals surface area (Å²) in [7, 11) is -3.60. The number of esters is 2. The van der Waals surface area contributed by atoms with Crippen molar-refractivity contribution in [3.8, 4) is 0 Å². The van der Waals surface area contributed by atoms with E-state index in [1.54, 1.807) is 31.3 Å². The maximum atomic E-state index is 13.3. The molecule has 4 aromatic carbocycles. The van der Waals surface area contributed by atoms with Crippen molar-refractivity contribution in [2.24, 2.45) is 0 Å². The molecule has 0 radical (unpaired) electrons. The lowest BCUT2D eigenvalue weighted by Crippen LogP contribution is -2.30. The number of carbonyl (C=O) groups is 4. The van der Waals surface area contributed by atoms with Crippen LogP contribution in [0.25, 0.3) is 0 Å². The van der Waals surface area contributed by atoms with Crippen LogP contribution in [-0.2, 0) is 41.9 Å². The average molecular weight is 1160 g/mol. The molecule has 1 amide bonds. The molecule has 396 valence electrons. The van der Waals surface area contributed by atoms with Gasteiger partial charge < -0.3 is 24.8 Å². The van der Waals surface area contributed by atoms with E-state index in [9.17, 15) is 62.4 Å². The fourth-order valence-electron chi connectivity index (χ4n) is 5.87. The number of ether oxygens (including phenoxy) is 2. The zero-order valence-electron chi connectivity index (χ0n) is 37.4. The number of sulfonamides is 2. The van der Waals surface area contributed by atoms with Crippen LogP contribution < -0.4 is 19.7 Å². The minimum absolute atomic E-state index is 0. The summed E-state index contributed by atoms with van der Waals surface area (Å²) in [6.45, 7) is 0. The molecule has 4 N–H and O–H groups in total. The van der Waals surface area contributed by atoms with Crippen LogP contribution in [0.2, 0.25) is 20.1 Å². The Morgan fingerprint density at radius 1 is 0.608 bits per heavy atom. The number of benzene rings is 4. The van der Waals surface area contributed by atoms with Gasteiger partial charge in [-0.15, -0.1) is 0 Å². The number of carboxylic acid groups (broad SMARTS) is 1. The molecule has 74 heavy (non-hydrogen) atoms. The molecule has 2 aromatic heterocycles. The topological polar surface area (TPSA) is 240 Å². The van der Waals surface area contributed by atoms with E-state index in [2.05, 4.69) is 24.7 Å². The molecule has 6 aromatic rings. The van der Waals surface area contributed by atoms with Gasteiger partial charge in [-0.3, -0.25) is 14.2 Å². The number of hydrogen-bond donors (Lipinski definition) is 4. The summed E-state index contributed by atoms with van der Waals surface area (Å²) in [4.78, 5) is 54.4. The molecule has 0 atom stereocenters. The predicted octanol–water partition coefficient (Wildman–Crippen LogP) is 11.3. The number of aromatic carboxylic acids is 1. The molecular weight excluding hydrogens is 1120 g/mol. The quantitative estimate of drug-likeness (QED) is 0.0658. The molecule has 0 saturated carbocycles. The second kappa shape index (κ2) is 25.4. The van der Waals surface area contributed by atoms with Crippen molar-refractivity contribution in [1.29, 1.82) is 0 Å². The number of hydrogen-bond acceptors (Lipinski definition) is 13. The fourth-order valence-corrected chi connectivity index (χ4v) is 8.80. The van der Waals surface area contributed by atoms with Gasteiger partial charge in [-0.05, 0) is 72.8 Å². The third kappa shape index (κ3) is 15.6. The van der Waals surface area contributed by atoms with E-state index in [4.69, 9.17) is 56.2 Å². The molecule has 6 rings (SSSR count). The van der Waals surface area contributed by atoms with E-state index in [1.807, 2.05) is 16.9 Å². The van der Waals surface area contributed by atoms with Crippen LogP contribution in [0, 0.1) is 0 Å². The van der Waals surface area contributed by atoms with Gasteiger partial charge in [-0.2, -0.15) is 26.3 Å². The second-order valence-corrected chi connectivity index (χ2v) is 19.1. The first kappa shape index (κ1) is 61.4. The summed E-state index contributed by atoms with van der Waals surface area (Å²) in [6, 6.07) is 19.2. The van der Waals surface area contributed by atoms with Gasteiger partial charge in [0.1, 0.15) is 0 Å². The number of rotatable bonds is 12. The van der Waals surface area contributed by atoms with Crippen LogP contribution in [0.5, 0.6) is 0 Å². The molecular formula is C45H38Cl4F6N6O11S2. The van der Waals surface area contributed by atoms with Crippen LogP contribution in [0.4, 0.5) is 49.1 Å². The van der Waals surface area contributed by atoms with Gasteiger partial charge in [-0.1, -0.05) is 78.1 Å². The van der Waals surface area contributed by atoms with E-state index in [0.717, 1.165) is 66.5 Å². The van der Waals surface area contributed by atoms with Crippen molar-refractivity contribution < 1.29 is 76.9 Å². The summed E-state index contributed by atoms with van der Waals surface area (Å²) < 4.78 is 142. The van der Waals surface area contributed by atoms with Crippen molar-refractivity contribution in [2.45, 2.75) is 29.6 Å². The summed E-state index contributed by atoms with van der Waals surface area (Å²) in [6.07, 6.45) is -7.72. The molecule has 17 nitrogen and oxygen atoms in total. The van der Waals surface area contributed by atoms with Crippen LogP contribution in [-0.4, -0.2) is 84.0 Å². The number of aromatic nitrogens is 2. The number of pyridine rings is 2. The number of carboxylic acids is 1. The second-order valence-electron chi connectivity index (χ2n) is 14.1. The molecule has 0 bridgehead atoms. The highest BCUT2D eigenvalue weighted by Gasteiger charge is 2.36. The Kier molecular flexibility index (Phi) is 21.0. The lowest BCUT2D eigenvalue weighted by molar-refractivity contribution is -0.138. The average Bonchev–Trinajstić information content (AvgIpc) is 3.32. The van der Waals surface area contributed by atoms with Gasteiger partial charge in [0.05, 0.1) is 83.4 Å². The van der Waals surface area contributed by atoms with Crippen molar-refractivity contribution in [1.82, 2.24) is 9.97 Å². The van der Waals surface area contributed by atoms with Crippen molar-refractivity contribution in [3.05, 3.63) is 163 Å². The fraction of sp³-hybridized carbons (Fsp3) is 0.156. The van der Waals surface area contributed by atoms with Gasteiger partial charge in [0, 0.05) is 32.2 Å². The predicted molar refractivity (Wildman–Crippen MR) is 265 cm³/mol. The first-order valence-corrected chi connectivity index (χ1v) is 24.1. The first-order chi connectivity index (χ1) is 34.0. The number of methoxy groups -OCH3 is 2. The SMILES string of the molecule is C.CNc1ccccc1C(=O)OC.COC(=O)c1ccccc1N(C)C(=O)c1ncc(Cl)cc1NS(=O)(=O)c1ccc(Cl)c(C(F)(F)F)c1.O=C(O)c1ncc(Cl)cc1NS(=O)(=O)c1ccc(Cl)c(C(F)(F)F)c1. The van der Waals surface area contributed by atoms with Gasteiger partial charge in [0.25, 0.3) is 26.0 Å². The number of para-hydroxylation sites is 2. The Hall–Kier alpha value is -6.90. The number of anilines is 4. The normalized spacial score (nSPS) is 11.2. The maximum absolute atomic E-state index is 13.3. The van der Waals surface area contributed by atoms with Crippen LogP contribution in [0.3, 0.4) is 0 Å². The van der Waals surface area contributed by atoms with E-state index in [1.165, 1.54) is 26.3 Å². The zero-order chi connectivity index (χ0) is 54.8. The third-order valence-electron chi connectivity index (χ3n) is 9.29. The Bertz CT molecular complexity index is 3300. The molecule has 0 saturated heterocycles. The molecule has 0 fully saturated rings. The number of carbonyl (C=O) groups excluding carboxylic acids is 3. The molecule has 2 heterocycles. The standard InChI is InChI=1S/C22H16Cl2F3N3O5S.C13H7Cl2F3N2O4S.C9H11NO2.CH4/c1-30(18-6-4-3-5-14(18)21(32)35-2)20(31)19-17(9-12(23)11-28-19)29-36(33,34)13-7-8-16(24)15(10-13)22(25,26)27;14-6-3-10(11(12(21)22)19-5-6)20-25(23,24)7-1-2-9(15)8(4-7)13(16,17)18;1-10-8-6-4-3-5-7(8)9(11)12-2;/h3-11,29H,1-2H3;1-5,20H,(H,21,22);3-6,10H,1-2H3;1H4. The highest BCUT2D eigenvalue weighted by molar-refractivity contribution is 7.93. The van der Waals surface area contributed by atoms with Crippen LogP contribution in [0.15, 0.2) is 119 Å². The van der Waals surface area contributed by atoms with Crippen molar-refractivity contribution >= 4 is 113 Å². The highest BCUT2D eigenvalue weighted by atomic mass is 35.5. The Labute approximate surface area is 438 Å². The van der Waals surface area contributed by atoms with Crippen molar-refractivity contribution in [3.63, 3.8) is 0 Å². The van der Waals surface area contributed by atoms with E-state index < -0.39 is 104 Å². The molecule has 0 aliphatic carbocycles. The van der Waals surface area contributed by atoms with Crippen molar-refractivity contribution in [2.75, 3.05) is 48.0 Å². The number of alkyl halides is 6. The summed E-state index contributed by atoms with van der Waals surface area (Å²) in [5.41, 5.74) is -3.19. The minimum atomic E-state index is -4.91. The van der Waals surface area contributed by atoms with Gasteiger partial charge in [0.15, 0.2) is 11.4 Å². The highest BCUT2D eigenvalue weighted by Crippen LogP contribution is 2.38. The number of nitrogens with one attached hydrogen (secondary N) is 3. The first-order valence-electron chi connectivity index (χ1n) is 19.6. The molecule has 0 aliphatic rings. The van der Waals surface area contributed by atoms with E-state index in [-0.39, 0.29) is 34.7 Å². The minimum Gasteiger partial charge on any atom is -0.476 e. The summed E-state index contributed by atoms with van der Waals surface area (Å²) >= 11 is 22.6. The van der Waals surface area contributed by atoms with E-state index >= 15 is 0 Å². The number of nitrogens with zero attached hydrogens (tertiary/aromatic N) is 3. The number of halogens is 10. The Morgan fingerprint density at radius 3 is 1.45 bits per heavy atom. The third-order valence-corrected chi connectivity index (χ3v) is 13.1. The lowest BCUT2D eigenvalue weighted by atomic mass is 10.1. The molecule has 0 spiro atoms. The Balaban J connectivity index is 0.000000328. The lowest BCUT2D eigenvalue weighted by Gasteiger charge is -2.21. The van der Waals surface area contributed by atoms with E-state index in [0.29, 0.717) is 17.7 Å². The Morgan fingerprint density at radius 2 is 1.01 bits per heavy atom. The van der Waals surface area contributed by atoms with Gasteiger partial charge in [0.2, 0.25) is 0 Å². The molecule has 29 heteroatoms. The monoisotopic (exact) mass is 1160 g/mol. The number of amides is 1. The molecule has 0 unspecified atom stereocenters. The zero-order valence-corrected chi connectivity index (χ0v) is 42.0. The smallest absolute Gasteiger partial charge is 0.417 e. The summed E-state index contributed by atoms with van der Waals surface area (Å²) in [5, 5.41) is 10.4. The summed E-state index contributed by atoms with van der Waals surface area (Å²) in [5.74, 6) is -3.45. The van der Waals surface area contributed by atoms with Crippen LogP contribution >= 0.6 is 46.4 Å². The molecule has 0 aliphatic heterocycles. The van der Waals surface area contributed by atoms with Gasteiger partial charge in [-0.25, -0.2) is 41.2 Å². The largest absolute Gasteiger partial charge is 0.476 e. The van der Waals surface area contributed by atoms with Crippen LogP contribution in [0.1, 0.15) is 60.2 Å². The maximum Gasteiger partial charge on any atom is 0.417 e.